The van der Waals surface area contributed by atoms with Crippen LogP contribution >= 0.6 is 0 Å². The maximum Gasteiger partial charge on any atom is 0.315 e. The molecule has 0 saturated carbocycles. The molecule has 0 aliphatic rings. The second-order valence-electron chi connectivity index (χ2n) is 4.53. The first-order valence-electron chi connectivity index (χ1n) is 6.46. The number of nitrogens with zero attached hydrogens (tertiary/aromatic N) is 1. The first-order valence-corrected chi connectivity index (χ1v) is 6.46. The second kappa shape index (κ2) is 6.69. The van der Waals surface area contributed by atoms with Crippen molar-refractivity contribution in [3.63, 3.8) is 0 Å². The largest absolute Gasteiger partial charge is 0.500 e. The van der Waals surface area contributed by atoms with Gasteiger partial charge in [-0.1, -0.05) is 18.2 Å². The number of hydrogen-bond acceptors (Lipinski definition) is 5. The average molecular weight is 317 g/mol. The van der Waals surface area contributed by atoms with Crippen LogP contribution in [0.25, 0.3) is 6.08 Å². The summed E-state index contributed by atoms with van der Waals surface area (Å²) in [4.78, 5) is 22.1. The molecule has 0 fully saturated rings. The normalized spacial score (nSPS) is 10.7. The lowest BCUT2D eigenvalue weighted by Crippen LogP contribution is -1.98. The Morgan fingerprint density at radius 2 is 2.04 bits per heavy atom. The molecule has 0 spiro atoms. The molecule has 1 N–H and O–H groups in total. The number of phenols is 1. The van der Waals surface area contributed by atoms with E-state index in [1.807, 2.05) is 0 Å². The number of ketones is 1. The van der Waals surface area contributed by atoms with E-state index in [4.69, 9.17) is 4.74 Å². The van der Waals surface area contributed by atoms with E-state index >= 15 is 0 Å². The van der Waals surface area contributed by atoms with Crippen molar-refractivity contribution in [1.82, 2.24) is 0 Å². The van der Waals surface area contributed by atoms with Gasteiger partial charge in [-0.15, -0.1) is 0 Å². The molecule has 6 nitrogen and oxygen atoms in total. The zero-order valence-corrected chi connectivity index (χ0v) is 12.0. The number of allylic oxidation sites excluding steroid dienone is 1. The molecule has 0 amide bonds. The lowest BCUT2D eigenvalue weighted by molar-refractivity contribution is -0.386. The van der Waals surface area contributed by atoms with E-state index in [0.29, 0.717) is 0 Å². The molecule has 2 aromatic carbocycles. The molecule has 0 aliphatic carbocycles. The van der Waals surface area contributed by atoms with E-state index in [-0.39, 0.29) is 16.9 Å². The summed E-state index contributed by atoms with van der Waals surface area (Å²) in [6.45, 7) is 0. The number of benzene rings is 2. The summed E-state index contributed by atoms with van der Waals surface area (Å²) >= 11 is 0. The number of nitro benzene ring substituents is 1. The molecular formula is C16H12FNO5. The number of carbonyl (C=O) groups is 1. The van der Waals surface area contributed by atoms with Crippen LogP contribution in [-0.4, -0.2) is 22.9 Å². The van der Waals surface area contributed by atoms with Gasteiger partial charge in [-0.2, -0.15) is 0 Å². The zero-order chi connectivity index (χ0) is 17.0. The minimum absolute atomic E-state index is 0.0998. The Kier molecular flexibility index (Phi) is 4.70. The van der Waals surface area contributed by atoms with Crippen LogP contribution in [0.2, 0.25) is 0 Å². The van der Waals surface area contributed by atoms with Crippen LogP contribution in [0.5, 0.6) is 11.5 Å². The lowest BCUT2D eigenvalue weighted by atomic mass is 10.1. The van der Waals surface area contributed by atoms with Crippen molar-refractivity contribution < 1.29 is 24.0 Å². The van der Waals surface area contributed by atoms with Gasteiger partial charge in [-0.25, -0.2) is 4.39 Å². The summed E-state index contributed by atoms with van der Waals surface area (Å²) in [7, 11) is 1.25. The monoisotopic (exact) mass is 317 g/mol. The Hall–Kier alpha value is -3.22. The van der Waals surface area contributed by atoms with E-state index in [1.165, 1.54) is 37.5 Å². The minimum Gasteiger partial charge on any atom is -0.500 e. The molecule has 0 bridgehead atoms. The third-order valence-electron chi connectivity index (χ3n) is 3.06. The summed E-state index contributed by atoms with van der Waals surface area (Å²) in [6.07, 6.45) is 2.37. The van der Waals surface area contributed by atoms with Crippen molar-refractivity contribution in [1.29, 1.82) is 0 Å². The van der Waals surface area contributed by atoms with E-state index in [1.54, 1.807) is 0 Å². The predicted octanol–water partition coefficient (Wildman–Crippen LogP) is 3.34. The van der Waals surface area contributed by atoms with Gasteiger partial charge < -0.3 is 9.84 Å². The van der Waals surface area contributed by atoms with Gasteiger partial charge in [0.1, 0.15) is 5.82 Å². The first-order chi connectivity index (χ1) is 10.9. The molecule has 0 atom stereocenters. The van der Waals surface area contributed by atoms with E-state index in [2.05, 4.69) is 0 Å². The molecule has 0 saturated heterocycles. The van der Waals surface area contributed by atoms with Crippen molar-refractivity contribution in [2.24, 2.45) is 0 Å². The molecule has 0 radical (unpaired) electrons. The maximum absolute atomic E-state index is 13.5. The van der Waals surface area contributed by atoms with E-state index < -0.39 is 28.0 Å². The number of aromatic hydroxyl groups is 1. The topological polar surface area (TPSA) is 89.7 Å². The Labute approximate surface area is 130 Å². The molecule has 118 valence electrons. The molecule has 0 aliphatic heterocycles. The summed E-state index contributed by atoms with van der Waals surface area (Å²) in [6, 6.07) is 7.90. The molecular weight excluding hydrogens is 305 g/mol. The number of nitro groups is 1. The smallest absolute Gasteiger partial charge is 0.315 e. The molecule has 23 heavy (non-hydrogen) atoms. The van der Waals surface area contributed by atoms with Crippen LogP contribution in [-0.2, 0) is 0 Å². The Bertz CT molecular complexity index is 801. The van der Waals surface area contributed by atoms with Crippen molar-refractivity contribution in [3.8, 4) is 11.5 Å². The number of hydrogen-bond donors (Lipinski definition) is 1. The van der Waals surface area contributed by atoms with Crippen molar-refractivity contribution in [2.45, 2.75) is 0 Å². The van der Waals surface area contributed by atoms with Crippen LogP contribution in [0, 0.1) is 15.9 Å². The Morgan fingerprint density at radius 1 is 1.35 bits per heavy atom. The van der Waals surface area contributed by atoms with Gasteiger partial charge in [0.05, 0.1) is 17.6 Å². The highest BCUT2D eigenvalue weighted by molar-refractivity contribution is 6.07. The minimum atomic E-state index is -0.770. The number of ether oxygens (including phenoxy) is 1. The van der Waals surface area contributed by atoms with Crippen LogP contribution in [0.15, 0.2) is 42.5 Å². The maximum atomic E-state index is 13.5. The number of carbonyl (C=O) groups excluding carboxylic acids is 1. The van der Waals surface area contributed by atoms with Crippen LogP contribution in [0.1, 0.15) is 15.9 Å². The summed E-state index contributed by atoms with van der Waals surface area (Å²) < 4.78 is 18.4. The Balaban J connectivity index is 2.36. The molecule has 0 unspecified atom stereocenters. The van der Waals surface area contributed by atoms with Gasteiger partial charge in [0.25, 0.3) is 0 Å². The molecule has 0 heterocycles. The SMILES string of the molecule is COc1cc(C=CC(=O)c2ccccc2F)cc([N+](=O)[O-])c1O. The number of methoxy groups -OCH3 is 1. The number of rotatable bonds is 5. The van der Waals surface area contributed by atoms with Crippen LogP contribution in [0.3, 0.4) is 0 Å². The van der Waals surface area contributed by atoms with E-state index in [0.717, 1.165) is 18.2 Å². The highest BCUT2D eigenvalue weighted by Crippen LogP contribution is 2.37. The van der Waals surface area contributed by atoms with Gasteiger partial charge >= 0.3 is 5.69 Å². The standard InChI is InChI=1S/C16H12FNO5/c1-23-15-9-10(8-13(16(15)20)18(21)22)6-7-14(19)11-4-2-3-5-12(11)17/h2-9,20H,1H3. The van der Waals surface area contributed by atoms with Crippen molar-refractivity contribution >= 4 is 17.5 Å². The highest BCUT2D eigenvalue weighted by atomic mass is 19.1. The molecule has 2 rings (SSSR count). The van der Waals surface area contributed by atoms with E-state index in [9.17, 15) is 24.4 Å². The summed E-state index contributed by atoms with van der Waals surface area (Å²) in [5.74, 6) is -1.94. The molecule has 7 heteroatoms. The van der Waals surface area contributed by atoms with Gasteiger partial charge in [0, 0.05) is 6.07 Å². The summed E-state index contributed by atoms with van der Waals surface area (Å²) in [5.41, 5.74) is -0.401. The van der Waals surface area contributed by atoms with Crippen LogP contribution < -0.4 is 4.74 Å². The van der Waals surface area contributed by atoms with Gasteiger partial charge in [-0.3, -0.25) is 14.9 Å². The first kappa shape index (κ1) is 16.2. The molecule has 2 aromatic rings. The number of halogens is 1. The fourth-order valence-electron chi connectivity index (χ4n) is 1.93. The molecule has 0 aromatic heterocycles. The Morgan fingerprint density at radius 3 is 2.65 bits per heavy atom. The van der Waals surface area contributed by atoms with Gasteiger partial charge in [0.2, 0.25) is 5.75 Å². The van der Waals surface area contributed by atoms with Gasteiger partial charge in [-0.05, 0) is 29.8 Å². The quantitative estimate of drug-likeness (QED) is 0.395. The number of phenolic OH excluding ortho intramolecular Hbond substituents is 1. The predicted molar refractivity (Wildman–Crippen MR) is 81.1 cm³/mol. The average Bonchev–Trinajstić information content (AvgIpc) is 2.53. The van der Waals surface area contributed by atoms with Crippen molar-refractivity contribution in [2.75, 3.05) is 7.11 Å². The fourth-order valence-corrected chi connectivity index (χ4v) is 1.93. The van der Waals surface area contributed by atoms with Crippen molar-refractivity contribution in [3.05, 3.63) is 69.5 Å². The third-order valence-corrected chi connectivity index (χ3v) is 3.06. The van der Waals surface area contributed by atoms with Crippen LogP contribution in [0.4, 0.5) is 10.1 Å². The third kappa shape index (κ3) is 3.52. The highest BCUT2D eigenvalue weighted by Gasteiger charge is 2.19. The fraction of sp³-hybridized carbons (Fsp3) is 0.0625. The second-order valence-corrected chi connectivity index (χ2v) is 4.53. The lowest BCUT2D eigenvalue weighted by Gasteiger charge is -2.05. The summed E-state index contributed by atoms with van der Waals surface area (Å²) in [5, 5.41) is 20.6. The zero-order valence-electron chi connectivity index (χ0n) is 12.0. The van der Waals surface area contributed by atoms with Gasteiger partial charge in [0.15, 0.2) is 11.5 Å².